The Balaban J connectivity index is 2.18. The van der Waals surface area contributed by atoms with Crippen molar-refractivity contribution in [3.8, 4) is 0 Å². The van der Waals surface area contributed by atoms with E-state index >= 15 is 0 Å². The van der Waals surface area contributed by atoms with Gasteiger partial charge in [0, 0.05) is 36.0 Å². The van der Waals surface area contributed by atoms with E-state index in [0.717, 1.165) is 22.9 Å². The topological polar surface area (TPSA) is 49.4 Å². The monoisotopic (exact) mass is 292 g/mol. The van der Waals surface area contributed by atoms with Gasteiger partial charge in [0.05, 0.1) is 0 Å². The van der Waals surface area contributed by atoms with Crippen molar-refractivity contribution < 1.29 is 8.42 Å². The van der Waals surface area contributed by atoms with Crippen LogP contribution in [0.1, 0.15) is 4.88 Å². The van der Waals surface area contributed by atoms with Gasteiger partial charge in [-0.05, 0) is 19.2 Å². The molecule has 1 N–H and O–H groups in total. The zero-order chi connectivity index (χ0) is 12.3. The first-order valence-electron chi connectivity index (χ1n) is 5.46. The Morgan fingerprint density at radius 2 is 2.06 bits per heavy atom. The predicted octanol–water partition coefficient (Wildman–Crippen LogP) is 1.21. The predicted molar refractivity (Wildman–Crippen MR) is 73.2 cm³/mol. The van der Waals surface area contributed by atoms with Gasteiger partial charge in [0.25, 0.3) is 10.0 Å². The lowest BCUT2D eigenvalue weighted by atomic mass is 10.5. The normalized spacial score (nSPS) is 18.4. The smallest absolute Gasteiger partial charge is 0.252 e. The molecule has 1 aliphatic heterocycles. The van der Waals surface area contributed by atoms with Crippen molar-refractivity contribution >= 4 is 33.1 Å². The molecule has 0 amide bonds. The van der Waals surface area contributed by atoms with Gasteiger partial charge in [0.15, 0.2) is 0 Å². The fourth-order valence-corrected chi connectivity index (χ4v) is 5.78. The van der Waals surface area contributed by atoms with Crippen LogP contribution >= 0.6 is 23.1 Å². The lowest BCUT2D eigenvalue weighted by Gasteiger charge is -2.24. The molecule has 2 rings (SSSR count). The van der Waals surface area contributed by atoms with Crippen molar-refractivity contribution in [3.05, 3.63) is 17.0 Å². The lowest BCUT2D eigenvalue weighted by Crippen LogP contribution is -2.37. The number of hydrogen-bond acceptors (Lipinski definition) is 5. The lowest BCUT2D eigenvalue weighted by molar-refractivity contribution is 0.445. The number of rotatable bonds is 4. The minimum atomic E-state index is -3.25. The third kappa shape index (κ3) is 3.03. The van der Waals surface area contributed by atoms with E-state index in [4.69, 9.17) is 0 Å². The number of hydrogen-bond donors (Lipinski definition) is 1. The highest BCUT2D eigenvalue weighted by molar-refractivity contribution is 7.99. The highest BCUT2D eigenvalue weighted by Gasteiger charge is 2.27. The van der Waals surface area contributed by atoms with Crippen molar-refractivity contribution in [1.29, 1.82) is 0 Å². The summed E-state index contributed by atoms with van der Waals surface area (Å²) in [5.41, 5.74) is 0. The van der Waals surface area contributed by atoms with Crippen LogP contribution in [0.25, 0.3) is 0 Å². The van der Waals surface area contributed by atoms with Crippen molar-refractivity contribution in [2.45, 2.75) is 10.8 Å². The standard InChI is InChI=1S/C10H16N2O2S3/c1-11-8-9-2-3-10(16-9)17(13,14)12-4-6-15-7-5-12/h2-3,11H,4-8H2,1H3. The number of nitrogens with zero attached hydrogens (tertiary/aromatic N) is 1. The first kappa shape index (κ1) is 13.4. The van der Waals surface area contributed by atoms with Crippen LogP contribution in [0.4, 0.5) is 0 Å². The van der Waals surface area contributed by atoms with Crippen LogP contribution in [0.15, 0.2) is 16.3 Å². The SMILES string of the molecule is CNCc1ccc(S(=O)(=O)N2CCSCC2)s1. The average Bonchev–Trinajstić information content (AvgIpc) is 2.80. The Labute approximate surface area is 110 Å². The number of sulfonamides is 1. The Hall–Kier alpha value is -0.0800. The molecule has 0 bridgehead atoms. The summed E-state index contributed by atoms with van der Waals surface area (Å²) in [5, 5.41) is 3.03. The summed E-state index contributed by atoms with van der Waals surface area (Å²) < 4.78 is 26.7. The maximum atomic E-state index is 12.3. The van der Waals surface area contributed by atoms with Crippen LogP contribution in [-0.2, 0) is 16.6 Å². The number of thioether (sulfide) groups is 1. The van der Waals surface area contributed by atoms with E-state index < -0.39 is 10.0 Å². The van der Waals surface area contributed by atoms with Gasteiger partial charge in [0.2, 0.25) is 0 Å². The summed E-state index contributed by atoms with van der Waals surface area (Å²) in [6.45, 7) is 1.98. The van der Waals surface area contributed by atoms with E-state index in [2.05, 4.69) is 5.32 Å². The van der Waals surface area contributed by atoms with Crippen LogP contribution < -0.4 is 5.32 Å². The molecule has 2 heterocycles. The van der Waals surface area contributed by atoms with Crippen molar-refractivity contribution in [2.24, 2.45) is 0 Å². The highest BCUT2D eigenvalue weighted by atomic mass is 32.2. The van der Waals surface area contributed by atoms with Crippen LogP contribution in [-0.4, -0.2) is 44.4 Å². The Morgan fingerprint density at radius 1 is 1.35 bits per heavy atom. The molecule has 0 unspecified atom stereocenters. The molecule has 0 atom stereocenters. The molecule has 1 aliphatic rings. The molecule has 1 saturated heterocycles. The van der Waals surface area contributed by atoms with E-state index in [0.29, 0.717) is 17.3 Å². The molecule has 96 valence electrons. The molecular weight excluding hydrogens is 276 g/mol. The van der Waals surface area contributed by atoms with Crippen LogP contribution in [0, 0.1) is 0 Å². The van der Waals surface area contributed by atoms with Gasteiger partial charge in [-0.1, -0.05) is 0 Å². The summed E-state index contributed by atoms with van der Waals surface area (Å²) >= 11 is 3.17. The molecule has 0 saturated carbocycles. The maximum Gasteiger partial charge on any atom is 0.252 e. The van der Waals surface area contributed by atoms with E-state index in [1.54, 1.807) is 10.4 Å². The zero-order valence-electron chi connectivity index (χ0n) is 9.68. The Morgan fingerprint density at radius 3 is 2.71 bits per heavy atom. The second kappa shape index (κ2) is 5.71. The minimum absolute atomic E-state index is 0.467. The largest absolute Gasteiger partial charge is 0.315 e. The van der Waals surface area contributed by atoms with Gasteiger partial charge in [-0.2, -0.15) is 16.1 Å². The van der Waals surface area contributed by atoms with Crippen LogP contribution in [0.2, 0.25) is 0 Å². The molecule has 1 aromatic heterocycles. The third-order valence-corrected chi connectivity index (χ3v) is 6.95. The van der Waals surface area contributed by atoms with Gasteiger partial charge < -0.3 is 5.32 Å². The average molecular weight is 292 g/mol. The summed E-state index contributed by atoms with van der Waals surface area (Å²) in [4.78, 5) is 1.05. The maximum absolute atomic E-state index is 12.3. The second-order valence-electron chi connectivity index (χ2n) is 3.77. The first-order valence-corrected chi connectivity index (χ1v) is 8.87. The molecule has 17 heavy (non-hydrogen) atoms. The molecule has 0 radical (unpaired) electrons. The molecule has 0 spiro atoms. The molecule has 0 aromatic carbocycles. The summed E-state index contributed by atoms with van der Waals surface area (Å²) in [5.74, 6) is 1.79. The number of thiophene rings is 1. The van der Waals surface area contributed by atoms with E-state index in [1.165, 1.54) is 11.3 Å². The quantitative estimate of drug-likeness (QED) is 0.906. The van der Waals surface area contributed by atoms with Gasteiger partial charge in [0.1, 0.15) is 4.21 Å². The van der Waals surface area contributed by atoms with Crippen molar-refractivity contribution in [1.82, 2.24) is 9.62 Å². The third-order valence-electron chi connectivity index (χ3n) is 2.55. The summed E-state index contributed by atoms with van der Waals surface area (Å²) in [6, 6.07) is 3.60. The fourth-order valence-electron chi connectivity index (χ4n) is 1.68. The van der Waals surface area contributed by atoms with Crippen molar-refractivity contribution in [3.63, 3.8) is 0 Å². The van der Waals surface area contributed by atoms with Gasteiger partial charge >= 0.3 is 0 Å². The summed E-state index contributed by atoms with van der Waals surface area (Å²) in [6.07, 6.45) is 0. The highest BCUT2D eigenvalue weighted by Crippen LogP contribution is 2.26. The molecule has 4 nitrogen and oxygen atoms in total. The van der Waals surface area contributed by atoms with E-state index in [9.17, 15) is 8.42 Å². The number of nitrogens with one attached hydrogen (secondary N) is 1. The molecular formula is C10H16N2O2S3. The van der Waals surface area contributed by atoms with Crippen LogP contribution in [0.3, 0.4) is 0 Å². The van der Waals surface area contributed by atoms with Crippen LogP contribution in [0.5, 0.6) is 0 Å². The van der Waals surface area contributed by atoms with Crippen molar-refractivity contribution in [2.75, 3.05) is 31.6 Å². The Bertz CT molecular complexity index is 464. The van der Waals surface area contributed by atoms with Gasteiger partial charge in [-0.25, -0.2) is 8.42 Å². The summed E-state index contributed by atoms with van der Waals surface area (Å²) in [7, 11) is -1.39. The first-order chi connectivity index (χ1) is 8.14. The molecule has 0 aliphatic carbocycles. The minimum Gasteiger partial charge on any atom is -0.315 e. The fraction of sp³-hybridized carbons (Fsp3) is 0.600. The molecule has 1 aromatic rings. The zero-order valence-corrected chi connectivity index (χ0v) is 12.1. The Kier molecular flexibility index (Phi) is 4.48. The second-order valence-corrected chi connectivity index (χ2v) is 8.33. The van der Waals surface area contributed by atoms with E-state index in [1.807, 2.05) is 24.9 Å². The van der Waals surface area contributed by atoms with Gasteiger partial charge in [-0.3, -0.25) is 0 Å². The van der Waals surface area contributed by atoms with E-state index in [-0.39, 0.29) is 0 Å². The molecule has 1 fully saturated rings. The van der Waals surface area contributed by atoms with Gasteiger partial charge in [-0.15, -0.1) is 11.3 Å². The molecule has 7 heteroatoms.